The fourth-order valence-electron chi connectivity index (χ4n) is 3.19. The fourth-order valence-corrected chi connectivity index (χ4v) is 6.88. The molecule has 0 amide bonds. The summed E-state index contributed by atoms with van der Waals surface area (Å²) in [7, 11) is -1.49. The van der Waals surface area contributed by atoms with E-state index in [4.69, 9.17) is 0 Å². The number of hydrogen-bond acceptors (Lipinski definition) is 0. The van der Waals surface area contributed by atoms with Gasteiger partial charge in [-0.05, 0) is 19.8 Å². The maximum absolute atomic E-state index is 2.48. The van der Waals surface area contributed by atoms with Crippen molar-refractivity contribution < 1.29 is 0 Å². The molecule has 1 aromatic carbocycles. The molecule has 0 saturated heterocycles. The molecule has 2 rings (SSSR count). The van der Waals surface area contributed by atoms with E-state index in [0.717, 1.165) is 0 Å². The molecule has 17 heavy (non-hydrogen) atoms. The highest BCUT2D eigenvalue weighted by atomic mass is 28.3. The summed E-state index contributed by atoms with van der Waals surface area (Å²) >= 11 is 0. The third kappa shape index (κ3) is 2.04. The van der Waals surface area contributed by atoms with Gasteiger partial charge in [-0.25, -0.2) is 0 Å². The molecule has 1 aliphatic rings. The SMILES string of the molecule is CC1=CC(C)C([Si](C)(C)c2ccccc2)=C1C. The van der Waals surface area contributed by atoms with Crippen molar-refractivity contribution in [1.82, 2.24) is 0 Å². The molecule has 1 aromatic rings. The van der Waals surface area contributed by atoms with E-state index < -0.39 is 8.07 Å². The number of hydrogen-bond donors (Lipinski definition) is 0. The van der Waals surface area contributed by atoms with E-state index in [2.05, 4.69) is 70.3 Å². The number of benzene rings is 1. The van der Waals surface area contributed by atoms with Gasteiger partial charge < -0.3 is 0 Å². The Balaban J connectivity index is 2.48. The van der Waals surface area contributed by atoms with Gasteiger partial charge in [0.25, 0.3) is 0 Å². The summed E-state index contributed by atoms with van der Waals surface area (Å²) in [5, 5.41) is 3.26. The molecule has 1 aliphatic carbocycles. The third-order valence-corrected chi connectivity index (χ3v) is 8.07. The van der Waals surface area contributed by atoms with Crippen LogP contribution in [0.5, 0.6) is 0 Å². The van der Waals surface area contributed by atoms with E-state index in [1.807, 2.05) is 0 Å². The van der Waals surface area contributed by atoms with E-state index >= 15 is 0 Å². The summed E-state index contributed by atoms with van der Waals surface area (Å²) in [6.07, 6.45) is 2.42. The standard InChI is InChI=1S/C16H22Si/c1-12-11-13(2)16(14(12)3)17(4,5)15-9-7-6-8-10-15/h6-11,13H,1-5H3. The molecular weight excluding hydrogens is 220 g/mol. The highest BCUT2D eigenvalue weighted by Gasteiger charge is 2.34. The van der Waals surface area contributed by atoms with Crippen LogP contribution in [0, 0.1) is 5.92 Å². The highest BCUT2D eigenvalue weighted by Crippen LogP contribution is 2.36. The zero-order valence-electron chi connectivity index (χ0n) is 11.5. The zero-order valence-corrected chi connectivity index (χ0v) is 12.5. The maximum atomic E-state index is 2.48. The number of rotatable bonds is 2. The molecule has 1 heteroatoms. The van der Waals surface area contributed by atoms with Crippen LogP contribution in [0.3, 0.4) is 0 Å². The van der Waals surface area contributed by atoms with Crippen molar-refractivity contribution in [3.63, 3.8) is 0 Å². The van der Waals surface area contributed by atoms with Crippen molar-refractivity contribution in [2.75, 3.05) is 0 Å². The Morgan fingerprint density at radius 1 is 1.00 bits per heavy atom. The lowest BCUT2D eigenvalue weighted by Gasteiger charge is -2.29. The van der Waals surface area contributed by atoms with Crippen molar-refractivity contribution in [3.05, 3.63) is 52.8 Å². The lowest BCUT2D eigenvalue weighted by Crippen LogP contribution is -2.45. The van der Waals surface area contributed by atoms with E-state index in [9.17, 15) is 0 Å². The van der Waals surface area contributed by atoms with Crippen LogP contribution in [-0.2, 0) is 0 Å². The second kappa shape index (κ2) is 4.30. The third-order valence-electron chi connectivity index (χ3n) is 4.12. The monoisotopic (exact) mass is 242 g/mol. The van der Waals surface area contributed by atoms with Gasteiger partial charge in [0, 0.05) is 0 Å². The van der Waals surface area contributed by atoms with Gasteiger partial charge >= 0.3 is 0 Å². The van der Waals surface area contributed by atoms with Crippen LogP contribution in [0.1, 0.15) is 20.8 Å². The van der Waals surface area contributed by atoms with Crippen molar-refractivity contribution in [2.24, 2.45) is 5.92 Å². The molecule has 0 spiro atoms. The van der Waals surface area contributed by atoms with Gasteiger partial charge in [-0.2, -0.15) is 0 Å². The van der Waals surface area contributed by atoms with Gasteiger partial charge in [0.2, 0.25) is 0 Å². The van der Waals surface area contributed by atoms with Crippen LogP contribution < -0.4 is 5.19 Å². The first kappa shape index (κ1) is 12.4. The van der Waals surface area contributed by atoms with E-state index in [0.29, 0.717) is 5.92 Å². The van der Waals surface area contributed by atoms with Gasteiger partial charge in [-0.1, -0.05) is 78.0 Å². The average Bonchev–Trinajstić information content (AvgIpc) is 2.54. The Morgan fingerprint density at radius 3 is 2.06 bits per heavy atom. The van der Waals surface area contributed by atoms with E-state index in [1.165, 1.54) is 11.1 Å². The lowest BCUT2D eigenvalue weighted by atomic mass is 10.2. The highest BCUT2D eigenvalue weighted by molar-refractivity contribution is 6.96. The Bertz CT molecular complexity index is 478. The van der Waals surface area contributed by atoms with E-state index in [1.54, 1.807) is 10.4 Å². The molecule has 0 N–H and O–H groups in total. The molecule has 0 aliphatic heterocycles. The van der Waals surface area contributed by atoms with Crippen molar-refractivity contribution in [2.45, 2.75) is 33.9 Å². The molecular formula is C16H22Si. The van der Waals surface area contributed by atoms with Gasteiger partial charge in [-0.3, -0.25) is 0 Å². The second-order valence-electron chi connectivity index (χ2n) is 5.67. The van der Waals surface area contributed by atoms with Crippen molar-refractivity contribution in [3.8, 4) is 0 Å². The second-order valence-corrected chi connectivity index (χ2v) is 10.0. The molecule has 90 valence electrons. The Labute approximate surface area is 106 Å². The summed E-state index contributed by atoms with van der Waals surface area (Å²) in [4.78, 5) is 0. The molecule has 1 unspecified atom stereocenters. The predicted molar refractivity (Wildman–Crippen MR) is 79.2 cm³/mol. The summed E-state index contributed by atoms with van der Waals surface area (Å²) in [5.41, 5.74) is 3.02. The maximum Gasteiger partial charge on any atom is 0.108 e. The van der Waals surface area contributed by atoms with Crippen LogP contribution >= 0.6 is 0 Å². The fraction of sp³-hybridized carbons (Fsp3) is 0.375. The van der Waals surface area contributed by atoms with Crippen molar-refractivity contribution in [1.29, 1.82) is 0 Å². The van der Waals surface area contributed by atoms with Crippen LogP contribution in [-0.4, -0.2) is 8.07 Å². The number of allylic oxidation sites excluding steroid dienone is 4. The normalized spacial score (nSPS) is 20.8. The molecule has 0 saturated carbocycles. The van der Waals surface area contributed by atoms with E-state index in [-0.39, 0.29) is 0 Å². The molecule has 0 radical (unpaired) electrons. The minimum atomic E-state index is -1.49. The van der Waals surface area contributed by atoms with Crippen LogP contribution in [0.4, 0.5) is 0 Å². The summed E-state index contributed by atoms with van der Waals surface area (Å²) < 4.78 is 0. The molecule has 1 atom stereocenters. The van der Waals surface area contributed by atoms with Crippen LogP contribution in [0.2, 0.25) is 13.1 Å². The molecule has 0 fully saturated rings. The van der Waals surface area contributed by atoms with Gasteiger partial charge in [0.15, 0.2) is 0 Å². The van der Waals surface area contributed by atoms with Gasteiger partial charge in [-0.15, -0.1) is 0 Å². The Hall–Kier alpha value is -1.08. The lowest BCUT2D eigenvalue weighted by molar-refractivity contribution is 0.919. The Morgan fingerprint density at radius 2 is 1.59 bits per heavy atom. The predicted octanol–water partition coefficient (Wildman–Crippen LogP) is 4.05. The summed E-state index contributed by atoms with van der Waals surface area (Å²) in [6, 6.07) is 11.0. The largest absolute Gasteiger partial charge is 0.108 e. The Kier molecular flexibility index (Phi) is 3.13. The van der Waals surface area contributed by atoms with Gasteiger partial charge in [0.1, 0.15) is 8.07 Å². The smallest absolute Gasteiger partial charge is 0.0748 e. The molecule has 0 aromatic heterocycles. The van der Waals surface area contributed by atoms with Crippen LogP contribution in [0.15, 0.2) is 52.8 Å². The molecule has 0 heterocycles. The minimum absolute atomic E-state index is 0.622. The quantitative estimate of drug-likeness (QED) is 0.686. The summed E-state index contributed by atoms with van der Waals surface area (Å²) in [6.45, 7) is 11.8. The first-order chi connectivity index (χ1) is 7.94. The van der Waals surface area contributed by atoms with Gasteiger partial charge in [0.05, 0.1) is 0 Å². The molecule has 0 bridgehead atoms. The first-order valence-corrected chi connectivity index (χ1v) is 9.40. The first-order valence-electron chi connectivity index (χ1n) is 6.40. The zero-order chi connectivity index (χ0) is 12.6. The van der Waals surface area contributed by atoms with Crippen LogP contribution in [0.25, 0.3) is 0 Å². The summed E-state index contributed by atoms with van der Waals surface area (Å²) in [5.74, 6) is 0.622. The molecule has 0 nitrogen and oxygen atoms in total. The topological polar surface area (TPSA) is 0 Å². The average molecular weight is 242 g/mol. The van der Waals surface area contributed by atoms with Crippen molar-refractivity contribution >= 4 is 13.3 Å². The minimum Gasteiger partial charge on any atom is -0.0748 e.